The van der Waals surface area contributed by atoms with Crippen molar-refractivity contribution in [3.8, 4) is 0 Å². The Kier molecular flexibility index (Phi) is 11.9. The highest BCUT2D eigenvalue weighted by atomic mass is 16.7. The molecule has 0 spiro atoms. The number of nitrogens with two attached hydrogens (primary N) is 4. The van der Waals surface area contributed by atoms with Gasteiger partial charge in [0.05, 0.1) is 18.7 Å². The zero-order valence-electron chi connectivity index (χ0n) is 21.7. The van der Waals surface area contributed by atoms with Crippen molar-refractivity contribution in [2.45, 2.75) is 111 Å². The van der Waals surface area contributed by atoms with Gasteiger partial charge in [-0.2, -0.15) is 0 Å². The fourth-order valence-corrected chi connectivity index (χ4v) is 5.07. The van der Waals surface area contributed by atoms with Gasteiger partial charge in [0.25, 0.3) is 0 Å². The number of carbonyl (C=O) groups is 1. The molecule has 9 unspecified atom stereocenters. The van der Waals surface area contributed by atoms with E-state index in [1.54, 1.807) is 0 Å². The summed E-state index contributed by atoms with van der Waals surface area (Å²) in [6, 6.07) is -3.45. The maximum absolute atomic E-state index is 12.6. The van der Waals surface area contributed by atoms with Crippen LogP contribution in [0, 0.1) is 0 Å². The lowest BCUT2D eigenvalue weighted by molar-refractivity contribution is -0.332. The Bertz CT molecular complexity index is 815. The standard InChI is InChI=1S/C22H43N5O13/c23-2-1-8(29)20(36)27-7-3-6(25)18(39-22-16(34)15(33)13(31)9(4-24)37-22)17(35)19(7)40-21-14(32)11(26)12(30)10(5-28)38-21/h6-19,21-22,28-35H,1-5,23-26H2,(H,27,36)/t6?,7-,8+,9?,10?,11?,12-,13-,14?,15?,16?,17?,18+,19?,21-,22-/m0/s1. The zero-order chi connectivity index (χ0) is 29.9. The van der Waals surface area contributed by atoms with E-state index in [4.69, 9.17) is 41.9 Å². The molecule has 3 rings (SSSR count). The molecule has 16 atom stereocenters. The van der Waals surface area contributed by atoms with E-state index in [-0.39, 0.29) is 25.9 Å². The molecular formula is C22H43N5O13. The summed E-state index contributed by atoms with van der Waals surface area (Å²) in [5.74, 6) is -0.845. The van der Waals surface area contributed by atoms with Gasteiger partial charge >= 0.3 is 0 Å². The summed E-state index contributed by atoms with van der Waals surface area (Å²) in [5.41, 5.74) is 23.1. The first-order chi connectivity index (χ1) is 18.9. The lowest BCUT2D eigenvalue weighted by atomic mass is 9.83. The normalized spacial score (nSPS) is 47.0. The minimum atomic E-state index is -1.76. The van der Waals surface area contributed by atoms with Crippen molar-refractivity contribution in [3.05, 3.63) is 0 Å². The molecule has 234 valence electrons. The lowest BCUT2D eigenvalue weighted by Crippen LogP contribution is -2.69. The van der Waals surface area contributed by atoms with Gasteiger partial charge in [-0.05, 0) is 19.4 Å². The monoisotopic (exact) mass is 585 g/mol. The highest BCUT2D eigenvalue weighted by Crippen LogP contribution is 2.32. The maximum Gasteiger partial charge on any atom is 0.249 e. The first kappa shape index (κ1) is 33.3. The van der Waals surface area contributed by atoms with Crippen molar-refractivity contribution >= 4 is 5.91 Å². The van der Waals surface area contributed by atoms with E-state index in [1.165, 1.54) is 0 Å². The number of hydrogen-bond acceptors (Lipinski definition) is 17. The van der Waals surface area contributed by atoms with Crippen LogP contribution < -0.4 is 28.3 Å². The van der Waals surface area contributed by atoms with Crippen LogP contribution in [-0.2, 0) is 23.7 Å². The van der Waals surface area contributed by atoms with Crippen LogP contribution in [0.1, 0.15) is 12.8 Å². The second-order valence-electron chi connectivity index (χ2n) is 10.3. The zero-order valence-corrected chi connectivity index (χ0v) is 21.7. The van der Waals surface area contributed by atoms with Crippen molar-refractivity contribution in [2.24, 2.45) is 22.9 Å². The molecular weight excluding hydrogens is 542 g/mol. The predicted molar refractivity (Wildman–Crippen MR) is 131 cm³/mol. The summed E-state index contributed by atoms with van der Waals surface area (Å²) in [7, 11) is 0. The van der Waals surface area contributed by atoms with Crippen molar-refractivity contribution in [1.82, 2.24) is 5.32 Å². The third kappa shape index (κ3) is 7.06. The second-order valence-corrected chi connectivity index (χ2v) is 10.3. The number of amides is 1. The van der Waals surface area contributed by atoms with Crippen LogP contribution in [0.15, 0.2) is 0 Å². The van der Waals surface area contributed by atoms with Crippen LogP contribution in [-0.4, -0.2) is 164 Å². The van der Waals surface area contributed by atoms with E-state index in [9.17, 15) is 45.6 Å². The second kappa shape index (κ2) is 14.3. The van der Waals surface area contributed by atoms with Crippen LogP contribution in [0.4, 0.5) is 0 Å². The highest BCUT2D eigenvalue weighted by Gasteiger charge is 2.52. The number of rotatable bonds is 10. The Morgan fingerprint density at radius 3 is 2.05 bits per heavy atom. The topological polar surface area (TPSA) is 332 Å². The number of aliphatic hydroxyl groups excluding tert-OH is 8. The molecule has 18 nitrogen and oxygen atoms in total. The molecule has 40 heavy (non-hydrogen) atoms. The first-order valence-electron chi connectivity index (χ1n) is 13.1. The molecule has 17 N–H and O–H groups in total. The minimum Gasteiger partial charge on any atom is -0.394 e. The molecule has 2 saturated heterocycles. The molecule has 1 amide bonds. The van der Waals surface area contributed by atoms with Gasteiger partial charge in [-0.15, -0.1) is 0 Å². The third-order valence-electron chi connectivity index (χ3n) is 7.51. The van der Waals surface area contributed by atoms with Crippen molar-refractivity contribution in [1.29, 1.82) is 0 Å². The minimum absolute atomic E-state index is 0.0101. The van der Waals surface area contributed by atoms with E-state index in [0.29, 0.717) is 0 Å². The number of aliphatic hydroxyl groups is 8. The average Bonchev–Trinajstić information content (AvgIpc) is 2.92. The van der Waals surface area contributed by atoms with Gasteiger partial charge in [-0.1, -0.05) is 0 Å². The van der Waals surface area contributed by atoms with Crippen molar-refractivity contribution < 1.29 is 64.6 Å². The first-order valence-corrected chi connectivity index (χ1v) is 13.1. The van der Waals surface area contributed by atoms with Crippen LogP contribution >= 0.6 is 0 Å². The van der Waals surface area contributed by atoms with Crippen LogP contribution in [0.2, 0.25) is 0 Å². The Morgan fingerprint density at radius 2 is 1.45 bits per heavy atom. The molecule has 0 radical (unpaired) electrons. The lowest BCUT2D eigenvalue weighted by Gasteiger charge is -2.49. The maximum atomic E-state index is 12.6. The summed E-state index contributed by atoms with van der Waals surface area (Å²) in [5, 5.41) is 84.9. The third-order valence-corrected chi connectivity index (χ3v) is 7.51. The fraction of sp³-hybridized carbons (Fsp3) is 0.955. The van der Waals surface area contributed by atoms with E-state index in [1.807, 2.05) is 0 Å². The Morgan fingerprint density at radius 1 is 0.850 bits per heavy atom. The SMILES string of the molecule is NCC[C@@H](O)C(=O)N[C@H]1CC(N)[C@@H](O[C@@H]2OC(CN)[C@H](O)C(O)C2O)C(O)C1O[C@@H]1OC(CO)[C@H](O)C(N)C1O. The summed E-state index contributed by atoms with van der Waals surface area (Å²) in [6.07, 6.45) is -19.8. The summed E-state index contributed by atoms with van der Waals surface area (Å²) < 4.78 is 22.5. The Hall–Kier alpha value is -1.17. The van der Waals surface area contributed by atoms with Crippen molar-refractivity contribution in [2.75, 3.05) is 19.7 Å². The molecule has 0 aromatic rings. The fourth-order valence-electron chi connectivity index (χ4n) is 5.07. The van der Waals surface area contributed by atoms with Gasteiger partial charge in [-0.25, -0.2) is 0 Å². The summed E-state index contributed by atoms with van der Waals surface area (Å²) >= 11 is 0. The summed E-state index contributed by atoms with van der Waals surface area (Å²) in [6.45, 7) is -0.898. The van der Waals surface area contributed by atoms with Gasteiger partial charge in [0, 0.05) is 12.6 Å². The molecule has 0 aromatic carbocycles. The molecule has 2 aliphatic heterocycles. The molecule has 18 heteroatoms. The number of hydrogen-bond donors (Lipinski definition) is 13. The van der Waals surface area contributed by atoms with E-state index in [0.717, 1.165) is 0 Å². The van der Waals surface area contributed by atoms with E-state index < -0.39 is 110 Å². The molecule has 3 aliphatic rings. The molecule has 3 fully saturated rings. The molecule has 0 bridgehead atoms. The summed E-state index contributed by atoms with van der Waals surface area (Å²) in [4.78, 5) is 12.6. The number of nitrogens with one attached hydrogen (secondary N) is 1. The quantitative estimate of drug-likeness (QED) is 0.113. The van der Waals surface area contributed by atoms with E-state index in [2.05, 4.69) is 5.32 Å². The smallest absolute Gasteiger partial charge is 0.249 e. The van der Waals surface area contributed by atoms with Gasteiger partial charge < -0.3 is 88.1 Å². The van der Waals surface area contributed by atoms with Gasteiger partial charge in [0.2, 0.25) is 5.91 Å². The van der Waals surface area contributed by atoms with Crippen LogP contribution in [0.25, 0.3) is 0 Å². The van der Waals surface area contributed by atoms with Gasteiger partial charge in [0.1, 0.15) is 67.1 Å². The largest absolute Gasteiger partial charge is 0.394 e. The van der Waals surface area contributed by atoms with Crippen molar-refractivity contribution in [3.63, 3.8) is 0 Å². The Balaban J connectivity index is 1.85. The molecule has 2 heterocycles. The molecule has 0 aromatic heterocycles. The van der Waals surface area contributed by atoms with E-state index >= 15 is 0 Å². The van der Waals surface area contributed by atoms with Crippen LogP contribution in [0.3, 0.4) is 0 Å². The molecule has 1 saturated carbocycles. The number of ether oxygens (including phenoxy) is 4. The van der Waals surface area contributed by atoms with Gasteiger partial charge in [0.15, 0.2) is 12.6 Å². The molecule has 1 aliphatic carbocycles. The number of carbonyl (C=O) groups excluding carboxylic acids is 1. The predicted octanol–water partition coefficient (Wildman–Crippen LogP) is -8.42. The van der Waals surface area contributed by atoms with Crippen LogP contribution in [0.5, 0.6) is 0 Å². The Labute approximate surface area is 229 Å². The highest BCUT2D eigenvalue weighted by molar-refractivity contribution is 5.80. The van der Waals surface area contributed by atoms with Gasteiger partial charge in [-0.3, -0.25) is 4.79 Å². The average molecular weight is 586 g/mol.